The lowest BCUT2D eigenvalue weighted by molar-refractivity contribution is -0.113. The molecule has 1 saturated heterocycles. The van der Waals surface area contributed by atoms with Crippen molar-refractivity contribution in [3.05, 3.63) is 23.8 Å². The lowest BCUT2D eigenvalue weighted by atomic mass is 10.1. The van der Waals surface area contributed by atoms with Crippen molar-refractivity contribution in [2.24, 2.45) is 0 Å². The van der Waals surface area contributed by atoms with E-state index in [1.807, 2.05) is 12.1 Å². The van der Waals surface area contributed by atoms with Gasteiger partial charge in [-0.3, -0.25) is 9.59 Å². The highest BCUT2D eigenvalue weighted by atomic mass is 35.5. The molecule has 0 atom stereocenters. The number of halogens is 1. The van der Waals surface area contributed by atoms with E-state index in [0.717, 1.165) is 36.5 Å². The quantitative estimate of drug-likeness (QED) is 0.772. The molecule has 2 amide bonds. The Morgan fingerprint density at radius 3 is 2.81 bits per heavy atom. The van der Waals surface area contributed by atoms with Crippen molar-refractivity contribution in [1.29, 1.82) is 0 Å². The van der Waals surface area contributed by atoms with Crippen molar-refractivity contribution >= 4 is 41.7 Å². The molecule has 0 bridgehead atoms. The minimum atomic E-state index is -0.0653. The van der Waals surface area contributed by atoms with Gasteiger partial charge in [0, 0.05) is 16.5 Å². The second-order valence-electron chi connectivity index (χ2n) is 5.05. The summed E-state index contributed by atoms with van der Waals surface area (Å²) in [5.41, 5.74) is 1.34. The van der Waals surface area contributed by atoms with Crippen molar-refractivity contribution in [2.75, 3.05) is 24.2 Å². The monoisotopic (exact) mass is 327 g/mol. The Morgan fingerprint density at radius 1 is 1.29 bits per heavy atom. The third kappa shape index (κ3) is 3.90. The first-order valence-corrected chi connectivity index (χ1v) is 7.79. The van der Waals surface area contributed by atoms with Gasteiger partial charge in [-0.15, -0.1) is 24.2 Å². The number of benzene rings is 1. The first-order valence-electron chi connectivity index (χ1n) is 6.80. The van der Waals surface area contributed by atoms with Crippen LogP contribution in [0, 0.1) is 0 Å². The number of carbonyl (C=O) groups excluding carboxylic acids is 2. The Morgan fingerprint density at radius 2 is 2.05 bits per heavy atom. The number of hydrogen-bond acceptors (Lipinski definition) is 4. The number of piperidine rings is 1. The molecule has 2 aliphatic rings. The van der Waals surface area contributed by atoms with Crippen LogP contribution < -0.4 is 16.0 Å². The molecular weight excluding hydrogens is 310 g/mol. The maximum atomic E-state index is 12.2. The lowest BCUT2D eigenvalue weighted by Crippen LogP contribution is -2.42. The van der Waals surface area contributed by atoms with Crippen LogP contribution in [0.2, 0.25) is 0 Å². The predicted octanol–water partition coefficient (Wildman–Crippen LogP) is 1.63. The molecule has 5 nitrogen and oxygen atoms in total. The summed E-state index contributed by atoms with van der Waals surface area (Å²) in [6.45, 7) is 1.89. The second kappa shape index (κ2) is 7.15. The number of rotatable bonds is 2. The molecule has 3 rings (SSSR count). The molecular formula is C14H18ClN3O2S. The molecule has 7 heteroatoms. The Kier molecular flexibility index (Phi) is 5.50. The second-order valence-corrected chi connectivity index (χ2v) is 6.06. The highest BCUT2D eigenvalue weighted by Crippen LogP contribution is 2.31. The molecule has 0 aromatic heterocycles. The first-order chi connectivity index (χ1) is 9.72. The lowest BCUT2D eigenvalue weighted by Gasteiger charge is -2.24. The van der Waals surface area contributed by atoms with Crippen molar-refractivity contribution in [1.82, 2.24) is 10.6 Å². The van der Waals surface area contributed by atoms with E-state index >= 15 is 0 Å². The van der Waals surface area contributed by atoms with Gasteiger partial charge in [0.05, 0.1) is 11.4 Å². The fourth-order valence-corrected chi connectivity index (χ4v) is 3.25. The largest absolute Gasteiger partial charge is 0.349 e. The molecule has 0 saturated carbocycles. The zero-order chi connectivity index (χ0) is 13.9. The van der Waals surface area contributed by atoms with Crippen LogP contribution in [0.25, 0.3) is 0 Å². The van der Waals surface area contributed by atoms with Crippen LogP contribution in [0.15, 0.2) is 23.1 Å². The third-order valence-electron chi connectivity index (χ3n) is 3.55. The van der Waals surface area contributed by atoms with Crippen molar-refractivity contribution in [3.8, 4) is 0 Å². The van der Waals surface area contributed by atoms with Gasteiger partial charge in [-0.1, -0.05) is 0 Å². The summed E-state index contributed by atoms with van der Waals surface area (Å²) in [6, 6.07) is 5.72. The van der Waals surface area contributed by atoms with E-state index in [0.29, 0.717) is 11.3 Å². The van der Waals surface area contributed by atoms with Gasteiger partial charge in [-0.2, -0.15) is 0 Å². The van der Waals surface area contributed by atoms with Crippen LogP contribution in [-0.4, -0.2) is 36.7 Å². The van der Waals surface area contributed by atoms with Crippen LogP contribution in [-0.2, 0) is 4.79 Å². The van der Waals surface area contributed by atoms with Gasteiger partial charge in [-0.25, -0.2) is 0 Å². The van der Waals surface area contributed by atoms with E-state index in [9.17, 15) is 9.59 Å². The molecule has 0 spiro atoms. The Balaban J connectivity index is 0.00000161. The van der Waals surface area contributed by atoms with E-state index in [2.05, 4.69) is 16.0 Å². The minimum absolute atomic E-state index is 0. The fourth-order valence-electron chi connectivity index (χ4n) is 2.46. The van der Waals surface area contributed by atoms with Crippen LogP contribution >= 0.6 is 24.2 Å². The number of amides is 2. The van der Waals surface area contributed by atoms with Crippen molar-refractivity contribution in [3.63, 3.8) is 0 Å². The fraction of sp³-hybridized carbons (Fsp3) is 0.429. The summed E-state index contributed by atoms with van der Waals surface area (Å²) in [6.07, 6.45) is 1.92. The van der Waals surface area contributed by atoms with Gasteiger partial charge < -0.3 is 16.0 Å². The molecule has 1 fully saturated rings. The van der Waals surface area contributed by atoms with Gasteiger partial charge in [-0.05, 0) is 44.1 Å². The molecule has 0 aliphatic carbocycles. The molecule has 114 valence electrons. The van der Waals surface area contributed by atoms with Gasteiger partial charge in [0.15, 0.2) is 0 Å². The number of carbonyl (C=O) groups is 2. The summed E-state index contributed by atoms with van der Waals surface area (Å²) >= 11 is 1.50. The van der Waals surface area contributed by atoms with Crippen LogP contribution in [0.5, 0.6) is 0 Å². The van der Waals surface area contributed by atoms with E-state index in [1.165, 1.54) is 11.8 Å². The van der Waals surface area contributed by atoms with Crippen molar-refractivity contribution < 1.29 is 9.59 Å². The molecule has 2 heterocycles. The molecule has 0 radical (unpaired) electrons. The summed E-state index contributed by atoms with van der Waals surface area (Å²) in [4.78, 5) is 24.6. The zero-order valence-electron chi connectivity index (χ0n) is 11.5. The summed E-state index contributed by atoms with van der Waals surface area (Å²) < 4.78 is 0. The Hall–Kier alpha value is -1.24. The molecule has 0 unspecified atom stereocenters. The average molecular weight is 328 g/mol. The average Bonchev–Trinajstić information content (AvgIpc) is 2.47. The SMILES string of the molecule is Cl.O=C1CSc2ccc(C(=O)NC3CCNCC3)cc2N1. The van der Waals surface area contributed by atoms with E-state index in [4.69, 9.17) is 0 Å². The number of thioether (sulfide) groups is 1. The standard InChI is InChI=1S/C14H17N3O2S.ClH/c18-13-8-20-12-2-1-9(7-11(12)17-13)14(19)16-10-3-5-15-6-4-10;/h1-2,7,10,15H,3-6,8H2,(H,16,19)(H,17,18);1H. The first kappa shape index (κ1) is 16.1. The zero-order valence-corrected chi connectivity index (χ0v) is 13.1. The Labute approximate surface area is 134 Å². The number of anilines is 1. The summed E-state index contributed by atoms with van der Waals surface area (Å²) in [7, 11) is 0. The minimum Gasteiger partial charge on any atom is -0.349 e. The van der Waals surface area contributed by atoms with Gasteiger partial charge in [0.25, 0.3) is 5.91 Å². The molecule has 1 aromatic rings. The normalized spacial score (nSPS) is 18.2. The topological polar surface area (TPSA) is 70.2 Å². The van der Waals surface area contributed by atoms with Gasteiger partial charge in [0.1, 0.15) is 0 Å². The highest BCUT2D eigenvalue weighted by Gasteiger charge is 2.19. The van der Waals surface area contributed by atoms with Gasteiger partial charge >= 0.3 is 0 Å². The number of nitrogens with one attached hydrogen (secondary N) is 3. The summed E-state index contributed by atoms with van der Waals surface area (Å²) in [5.74, 6) is 0.357. The van der Waals surface area contributed by atoms with Crippen LogP contribution in [0.1, 0.15) is 23.2 Å². The highest BCUT2D eigenvalue weighted by molar-refractivity contribution is 8.00. The number of fused-ring (bicyclic) bond motifs is 1. The molecule has 2 aliphatic heterocycles. The molecule has 3 N–H and O–H groups in total. The van der Waals surface area contributed by atoms with Crippen LogP contribution in [0.4, 0.5) is 5.69 Å². The summed E-state index contributed by atoms with van der Waals surface area (Å²) in [5, 5.41) is 9.14. The van der Waals surface area contributed by atoms with Crippen LogP contribution in [0.3, 0.4) is 0 Å². The van der Waals surface area contributed by atoms with Gasteiger partial charge in [0.2, 0.25) is 5.91 Å². The van der Waals surface area contributed by atoms with E-state index < -0.39 is 0 Å². The third-order valence-corrected chi connectivity index (χ3v) is 4.62. The maximum absolute atomic E-state index is 12.2. The smallest absolute Gasteiger partial charge is 0.251 e. The maximum Gasteiger partial charge on any atom is 0.251 e. The Bertz CT molecular complexity index is 547. The molecule has 1 aromatic carbocycles. The van der Waals surface area contributed by atoms with E-state index in [-0.39, 0.29) is 30.3 Å². The van der Waals surface area contributed by atoms with E-state index in [1.54, 1.807) is 6.07 Å². The molecule has 21 heavy (non-hydrogen) atoms. The predicted molar refractivity (Wildman–Crippen MR) is 86.4 cm³/mol. The van der Waals surface area contributed by atoms with Crippen molar-refractivity contribution in [2.45, 2.75) is 23.8 Å². The number of hydrogen-bond donors (Lipinski definition) is 3.